The minimum Gasteiger partial charge on any atom is -0.368 e. The van der Waals surface area contributed by atoms with Crippen LogP contribution in [0.1, 0.15) is 23.3 Å². The quantitative estimate of drug-likeness (QED) is 0.719. The molecular formula is C23H27F3N4O2S. The Balaban J connectivity index is 1.29. The van der Waals surface area contributed by atoms with Crippen molar-refractivity contribution >= 4 is 29.0 Å². The number of nitrogens with zero attached hydrogens (tertiary/aromatic N) is 3. The number of anilines is 1. The Morgan fingerprint density at radius 2 is 1.82 bits per heavy atom. The first kappa shape index (κ1) is 23.4. The molecule has 3 heterocycles. The van der Waals surface area contributed by atoms with Gasteiger partial charge in [-0.15, -0.1) is 11.3 Å². The molecule has 1 unspecified atom stereocenters. The molecule has 6 nitrogen and oxygen atoms in total. The monoisotopic (exact) mass is 480 g/mol. The fraction of sp³-hybridized carbons (Fsp3) is 0.478. The molecule has 1 aromatic carbocycles. The molecule has 1 N–H and O–H groups in total. The molecule has 178 valence electrons. The standard InChI is InChI=1S/C23H27F3N4O2S/c24-23(25,26)18-5-1-6-19(14-18)28-9-11-29(12-10-28)21(31)17-4-2-8-30(16-17)22(32)27-15-20-7-3-13-33-20/h1,3,5-7,13-14,17H,2,4,8-12,15-16H2,(H,27,32). The van der Waals surface area contributed by atoms with Gasteiger partial charge >= 0.3 is 12.2 Å². The van der Waals surface area contributed by atoms with E-state index in [1.807, 2.05) is 22.4 Å². The van der Waals surface area contributed by atoms with Crippen molar-refractivity contribution in [3.05, 3.63) is 52.2 Å². The number of carbonyl (C=O) groups excluding carboxylic acids is 2. The van der Waals surface area contributed by atoms with Crippen molar-refractivity contribution in [1.82, 2.24) is 15.1 Å². The molecular weight excluding hydrogens is 453 g/mol. The highest BCUT2D eigenvalue weighted by Gasteiger charge is 2.34. The Labute approximate surface area is 195 Å². The lowest BCUT2D eigenvalue weighted by Gasteiger charge is -2.39. The average Bonchev–Trinajstić information content (AvgIpc) is 3.35. The minimum absolute atomic E-state index is 0.0226. The van der Waals surface area contributed by atoms with E-state index in [0.29, 0.717) is 51.5 Å². The topological polar surface area (TPSA) is 55.9 Å². The summed E-state index contributed by atoms with van der Waals surface area (Å²) in [5, 5.41) is 4.88. The second-order valence-corrected chi connectivity index (χ2v) is 9.42. The van der Waals surface area contributed by atoms with Gasteiger partial charge in [-0.1, -0.05) is 12.1 Å². The van der Waals surface area contributed by atoms with Crippen LogP contribution in [0.2, 0.25) is 0 Å². The normalized spacial score (nSPS) is 19.5. The maximum Gasteiger partial charge on any atom is 0.416 e. The maximum absolute atomic E-state index is 13.1. The number of carbonyl (C=O) groups is 2. The van der Waals surface area contributed by atoms with E-state index in [1.54, 1.807) is 27.2 Å². The number of piperazine rings is 1. The van der Waals surface area contributed by atoms with Gasteiger partial charge in [0.1, 0.15) is 0 Å². The molecule has 0 bridgehead atoms. The molecule has 2 aromatic rings. The molecule has 0 radical (unpaired) electrons. The minimum atomic E-state index is -4.38. The van der Waals surface area contributed by atoms with E-state index in [9.17, 15) is 22.8 Å². The molecule has 1 aromatic heterocycles. The largest absolute Gasteiger partial charge is 0.416 e. The molecule has 0 aliphatic carbocycles. The van der Waals surface area contributed by atoms with Gasteiger partial charge in [0, 0.05) is 49.8 Å². The number of alkyl halides is 3. The number of benzene rings is 1. The third-order valence-corrected chi connectivity index (χ3v) is 7.06. The van der Waals surface area contributed by atoms with Gasteiger partial charge in [0.2, 0.25) is 5.91 Å². The number of amides is 3. The Kier molecular flexibility index (Phi) is 7.11. The van der Waals surface area contributed by atoms with Crippen LogP contribution in [-0.4, -0.2) is 61.0 Å². The van der Waals surface area contributed by atoms with Gasteiger partial charge in [0.05, 0.1) is 18.0 Å². The predicted octanol–water partition coefficient (Wildman–Crippen LogP) is 4.04. The van der Waals surface area contributed by atoms with Crippen LogP contribution in [-0.2, 0) is 17.5 Å². The highest BCUT2D eigenvalue weighted by atomic mass is 32.1. The second kappa shape index (κ2) is 10.0. The van der Waals surface area contributed by atoms with Gasteiger partial charge in [-0.25, -0.2) is 4.79 Å². The zero-order valence-electron chi connectivity index (χ0n) is 18.2. The first-order chi connectivity index (χ1) is 15.8. The number of hydrogen-bond donors (Lipinski definition) is 1. The molecule has 33 heavy (non-hydrogen) atoms. The number of piperidine rings is 1. The highest BCUT2D eigenvalue weighted by molar-refractivity contribution is 7.09. The first-order valence-corrected chi connectivity index (χ1v) is 12.0. The summed E-state index contributed by atoms with van der Waals surface area (Å²) in [5.41, 5.74) is -0.152. The number of rotatable bonds is 4. The van der Waals surface area contributed by atoms with Gasteiger partial charge in [-0.3, -0.25) is 4.79 Å². The smallest absolute Gasteiger partial charge is 0.368 e. The summed E-state index contributed by atoms with van der Waals surface area (Å²) < 4.78 is 39.0. The van der Waals surface area contributed by atoms with E-state index in [2.05, 4.69) is 5.32 Å². The third-order valence-electron chi connectivity index (χ3n) is 6.18. The van der Waals surface area contributed by atoms with E-state index < -0.39 is 11.7 Å². The molecule has 3 amide bonds. The fourth-order valence-electron chi connectivity index (χ4n) is 4.37. The zero-order valence-corrected chi connectivity index (χ0v) is 19.0. The molecule has 0 spiro atoms. The predicted molar refractivity (Wildman–Crippen MR) is 121 cm³/mol. The van der Waals surface area contributed by atoms with Gasteiger partial charge in [0.15, 0.2) is 0 Å². The van der Waals surface area contributed by atoms with Crippen molar-refractivity contribution in [2.24, 2.45) is 5.92 Å². The molecule has 2 aliphatic heterocycles. The van der Waals surface area contributed by atoms with Gasteiger partial charge in [-0.2, -0.15) is 13.2 Å². The Morgan fingerprint density at radius 3 is 2.52 bits per heavy atom. The summed E-state index contributed by atoms with van der Waals surface area (Å²) in [6, 6.07) is 9.05. The summed E-state index contributed by atoms with van der Waals surface area (Å²) >= 11 is 1.58. The number of thiophene rings is 1. The van der Waals surface area contributed by atoms with Crippen LogP contribution in [0.4, 0.5) is 23.7 Å². The van der Waals surface area contributed by atoms with Gasteiger partial charge in [0.25, 0.3) is 0 Å². The molecule has 0 saturated carbocycles. The van der Waals surface area contributed by atoms with Crippen LogP contribution in [0, 0.1) is 5.92 Å². The first-order valence-electron chi connectivity index (χ1n) is 11.1. The molecule has 4 rings (SSSR count). The number of urea groups is 1. The van der Waals surface area contributed by atoms with Crippen molar-refractivity contribution in [2.75, 3.05) is 44.2 Å². The van der Waals surface area contributed by atoms with Crippen molar-refractivity contribution in [2.45, 2.75) is 25.6 Å². The van der Waals surface area contributed by atoms with Crippen molar-refractivity contribution in [1.29, 1.82) is 0 Å². The number of hydrogen-bond acceptors (Lipinski definition) is 4. The molecule has 1 atom stereocenters. The van der Waals surface area contributed by atoms with Gasteiger partial charge < -0.3 is 20.0 Å². The Morgan fingerprint density at radius 1 is 1.03 bits per heavy atom. The summed E-state index contributed by atoms with van der Waals surface area (Å²) in [6.07, 6.45) is -2.87. The van der Waals surface area contributed by atoms with E-state index in [0.717, 1.165) is 29.9 Å². The number of nitrogens with one attached hydrogen (secondary N) is 1. The van der Waals surface area contributed by atoms with Crippen molar-refractivity contribution in [3.63, 3.8) is 0 Å². The number of likely N-dealkylation sites (tertiary alicyclic amines) is 1. The van der Waals surface area contributed by atoms with Crippen LogP contribution < -0.4 is 10.2 Å². The second-order valence-electron chi connectivity index (χ2n) is 8.38. The summed E-state index contributed by atoms with van der Waals surface area (Å²) in [5.74, 6) is -0.221. The molecule has 2 fully saturated rings. The summed E-state index contributed by atoms with van der Waals surface area (Å²) in [7, 11) is 0. The lowest BCUT2D eigenvalue weighted by molar-refractivity contribution is -0.138. The molecule has 10 heteroatoms. The van der Waals surface area contributed by atoms with Crippen LogP contribution in [0.5, 0.6) is 0 Å². The van der Waals surface area contributed by atoms with Crippen LogP contribution >= 0.6 is 11.3 Å². The number of halogens is 3. The lowest BCUT2D eigenvalue weighted by atomic mass is 9.96. The Bertz CT molecular complexity index is 959. The zero-order chi connectivity index (χ0) is 23.4. The van der Waals surface area contributed by atoms with Crippen molar-refractivity contribution < 1.29 is 22.8 Å². The molecule has 2 aliphatic rings. The summed E-state index contributed by atoms with van der Waals surface area (Å²) in [4.78, 5) is 32.1. The maximum atomic E-state index is 13.1. The third kappa shape index (κ3) is 5.79. The van der Waals surface area contributed by atoms with Crippen LogP contribution in [0.15, 0.2) is 41.8 Å². The molecule has 2 saturated heterocycles. The van der Waals surface area contributed by atoms with Gasteiger partial charge in [-0.05, 0) is 42.5 Å². The van der Waals surface area contributed by atoms with E-state index in [4.69, 9.17) is 0 Å². The lowest BCUT2D eigenvalue weighted by Crippen LogP contribution is -2.54. The van der Waals surface area contributed by atoms with Crippen LogP contribution in [0.25, 0.3) is 0 Å². The summed E-state index contributed by atoms with van der Waals surface area (Å²) in [6.45, 7) is 3.36. The average molecular weight is 481 g/mol. The fourth-order valence-corrected chi connectivity index (χ4v) is 5.02. The van der Waals surface area contributed by atoms with E-state index in [-0.39, 0.29) is 17.9 Å². The van der Waals surface area contributed by atoms with Crippen LogP contribution in [0.3, 0.4) is 0 Å². The van der Waals surface area contributed by atoms with E-state index in [1.165, 1.54) is 6.07 Å². The van der Waals surface area contributed by atoms with E-state index >= 15 is 0 Å². The highest BCUT2D eigenvalue weighted by Crippen LogP contribution is 2.32. The van der Waals surface area contributed by atoms with Crippen molar-refractivity contribution in [3.8, 4) is 0 Å². The SMILES string of the molecule is O=C(NCc1cccs1)N1CCCC(C(=O)N2CCN(c3cccc(C(F)(F)F)c3)CC2)C1. The Hall–Kier alpha value is -2.75.